The molecule has 0 radical (unpaired) electrons. The lowest BCUT2D eigenvalue weighted by Gasteiger charge is -2.09. The zero-order valence-corrected chi connectivity index (χ0v) is 29.5. The van der Waals surface area contributed by atoms with Crippen LogP contribution >= 0.6 is 0 Å². The second-order valence-electron chi connectivity index (χ2n) is 12.6. The van der Waals surface area contributed by atoms with E-state index in [9.17, 15) is 4.39 Å². The number of furan rings is 2. The maximum Gasteiger partial charge on any atom is 0.137 e. The van der Waals surface area contributed by atoms with Crippen LogP contribution in [-0.4, -0.2) is 19.9 Å². The van der Waals surface area contributed by atoms with Crippen LogP contribution in [0.4, 0.5) is 4.39 Å². The lowest BCUT2D eigenvalue weighted by molar-refractivity contribution is 0.306. The molecule has 0 aliphatic rings. The van der Waals surface area contributed by atoms with Gasteiger partial charge in [-0.3, -0.25) is 19.9 Å². The molecule has 6 aromatic heterocycles. The molecule has 0 amide bonds. The molecule has 10 aromatic rings. The van der Waals surface area contributed by atoms with Crippen molar-refractivity contribution >= 4 is 43.5 Å². The van der Waals surface area contributed by atoms with Crippen molar-refractivity contribution in [3.05, 3.63) is 188 Å². The van der Waals surface area contributed by atoms with Gasteiger partial charge in [0.05, 0.1) is 0 Å². The third kappa shape index (κ3) is 8.07. The van der Waals surface area contributed by atoms with Crippen molar-refractivity contribution in [2.24, 2.45) is 5.73 Å². The predicted molar refractivity (Wildman–Crippen MR) is 215 cm³/mol. The molecule has 0 atom stereocenters. The first-order chi connectivity index (χ1) is 27.1. The van der Waals surface area contributed by atoms with Gasteiger partial charge in [-0.2, -0.15) is 0 Å². The molecule has 0 fully saturated rings. The van der Waals surface area contributed by atoms with Gasteiger partial charge in [-0.1, -0.05) is 36.4 Å². The molecule has 9 heteroatoms. The highest BCUT2D eigenvalue weighted by Gasteiger charge is 2.12. The van der Waals surface area contributed by atoms with Crippen molar-refractivity contribution in [3.63, 3.8) is 0 Å². The van der Waals surface area contributed by atoms with Gasteiger partial charge in [-0.15, -0.1) is 0 Å². The van der Waals surface area contributed by atoms with Crippen molar-refractivity contribution in [2.75, 3.05) is 0 Å². The fourth-order valence-corrected chi connectivity index (χ4v) is 6.16. The lowest BCUT2D eigenvalue weighted by atomic mass is 10.1. The van der Waals surface area contributed by atoms with E-state index in [0.717, 1.165) is 77.2 Å². The van der Waals surface area contributed by atoms with Gasteiger partial charge < -0.3 is 19.3 Å². The molecule has 0 bridgehead atoms. The van der Waals surface area contributed by atoms with Crippen LogP contribution in [0, 0.1) is 5.82 Å². The fraction of sp³-hybridized carbons (Fsp3) is 0.0435. The van der Waals surface area contributed by atoms with Gasteiger partial charge in [0, 0.05) is 88.8 Å². The van der Waals surface area contributed by atoms with E-state index in [1.54, 1.807) is 43.2 Å². The number of benzene rings is 4. The van der Waals surface area contributed by atoms with Gasteiger partial charge in [0.2, 0.25) is 0 Å². The van der Waals surface area contributed by atoms with Crippen LogP contribution in [0.1, 0.15) is 11.1 Å². The molecular formula is C46H34FN5O3. The number of nitrogens with two attached hydrogens (primary N) is 1. The summed E-state index contributed by atoms with van der Waals surface area (Å²) in [7, 11) is 0. The minimum atomic E-state index is -0.263. The molecule has 10 rings (SSSR count). The number of nitrogens with zero attached hydrogens (tertiary/aromatic N) is 4. The molecule has 0 aliphatic carbocycles. The Morgan fingerprint density at radius 3 is 1.58 bits per heavy atom. The number of hydrogen-bond acceptors (Lipinski definition) is 8. The summed E-state index contributed by atoms with van der Waals surface area (Å²) >= 11 is 0. The number of rotatable bonds is 6. The Bertz CT molecular complexity index is 2770. The van der Waals surface area contributed by atoms with Crippen molar-refractivity contribution in [1.29, 1.82) is 0 Å². The smallest absolute Gasteiger partial charge is 0.137 e. The van der Waals surface area contributed by atoms with Crippen LogP contribution in [0.15, 0.2) is 180 Å². The highest BCUT2D eigenvalue weighted by molar-refractivity contribution is 5.98. The van der Waals surface area contributed by atoms with Crippen LogP contribution in [0.5, 0.6) is 5.75 Å². The third-order valence-corrected chi connectivity index (χ3v) is 8.98. The number of hydrogen-bond donors (Lipinski definition) is 1. The first-order valence-electron chi connectivity index (χ1n) is 17.6. The number of para-hydroxylation sites is 2. The van der Waals surface area contributed by atoms with E-state index in [1.807, 2.05) is 109 Å². The molecule has 0 saturated heterocycles. The first kappa shape index (κ1) is 34.8. The fourth-order valence-electron chi connectivity index (χ4n) is 6.16. The molecular weight excluding hydrogens is 690 g/mol. The largest absolute Gasteiger partial charge is 0.489 e. The van der Waals surface area contributed by atoms with Crippen LogP contribution in [0.2, 0.25) is 0 Å². The highest BCUT2D eigenvalue weighted by atomic mass is 19.1. The van der Waals surface area contributed by atoms with Gasteiger partial charge in [0.1, 0.15) is 40.9 Å². The van der Waals surface area contributed by atoms with Crippen LogP contribution in [-0.2, 0) is 13.2 Å². The average Bonchev–Trinajstić information content (AvgIpc) is 3.89. The van der Waals surface area contributed by atoms with Gasteiger partial charge in [0.25, 0.3) is 0 Å². The average molecular weight is 724 g/mol. The second kappa shape index (κ2) is 16.2. The monoisotopic (exact) mass is 723 g/mol. The zero-order chi connectivity index (χ0) is 37.4. The summed E-state index contributed by atoms with van der Waals surface area (Å²) in [5.74, 6) is 2.06. The van der Waals surface area contributed by atoms with E-state index in [1.165, 1.54) is 12.1 Å². The number of halogens is 1. The summed E-state index contributed by atoms with van der Waals surface area (Å²) in [5.41, 5.74) is 11.0. The Balaban J connectivity index is 0.000000133. The summed E-state index contributed by atoms with van der Waals surface area (Å²) in [5, 5.41) is 5.90. The molecule has 2 N–H and O–H groups in total. The maximum absolute atomic E-state index is 13.5. The molecule has 8 nitrogen and oxygen atoms in total. The van der Waals surface area contributed by atoms with Gasteiger partial charge in [-0.05, 0) is 107 Å². The molecule has 0 saturated carbocycles. The van der Waals surface area contributed by atoms with E-state index in [2.05, 4.69) is 26.0 Å². The topological polar surface area (TPSA) is 113 Å². The van der Waals surface area contributed by atoms with Crippen molar-refractivity contribution in [2.45, 2.75) is 13.2 Å². The predicted octanol–water partition coefficient (Wildman–Crippen LogP) is 10.9. The molecule has 0 spiro atoms. The van der Waals surface area contributed by atoms with E-state index < -0.39 is 0 Å². The number of fused-ring (bicyclic) bond motifs is 4. The van der Waals surface area contributed by atoms with Crippen molar-refractivity contribution < 1.29 is 18.0 Å². The quantitative estimate of drug-likeness (QED) is 0.180. The second-order valence-corrected chi connectivity index (χ2v) is 12.6. The third-order valence-electron chi connectivity index (χ3n) is 8.98. The Morgan fingerprint density at radius 2 is 1.04 bits per heavy atom. The number of pyridine rings is 4. The number of aromatic nitrogens is 4. The molecule has 0 unspecified atom stereocenters. The molecule has 268 valence electrons. The Kier molecular flexibility index (Phi) is 10.3. The maximum atomic E-state index is 13.5. The normalized spacial score (nSPS) is 10.9. The van der Waals surface area contributed by atoms with E-state index in [0.29, 0.717) is 18.9 Å². The standard InChI is InChI=1S/C23H16N2O2.C17H10FNO.C6H8N2/c1-2-4-22-17(3-1)11-23(27-22)21-14-25-13-18-5-6-19(12-20(18)21)26-15-16-7-9-24-10-8-16;18-13-6-5-12-9-19-10-15(14(12)8-13)17-7-11-3-1-2-4-16(11)20-17;7-5-6-1-3-8-4-2-6/h1-14H,15H2;1-10H;1-4H,5,7H2. The Morgan fingerprint density at radius 1 is 0.509 bits per heavy atom. The highest BCUT2D eigenvalue weighted by Crippen LogP contribution is 2.35. The summed E-state index contributed by atoms with van der Waals surface area (Å²) in [6.07, 6.45) is 14.1. The van der Waals surface area contributed by atoms with Crippen molar-refractivity contribution in [1.82, 2.24) is 19.9 Å². The van der Waals surface area contributed by atoms with E-state index in [-0.39, 0.29) is 5.82 Å². The Hall–Kier alpha value is -7.23. The molecule has 0 aliphatic heterocycles. The van der Waals surface area contributed by atoms with Crippen LogP contribution < -0.4 is 10.5 Å². The summed E-state index contributed by atoms with van der Waals surface area (Å²) in [6, 6.07) is 38.2. The van der Waals surface area contributed by atoms with Gasteiger partial charge in [0.15, 0.2) is 0 Å². The Labute approximate surface area is 315 Å². The summed E-state index contributed by atoms with van der Waals surface area (Å²) in [6.45, 7) is 1.10. The minimum absolute atomic E-state index is 0.263. The first-order valence-corrected chi connectivity index (χ1v) is 17.6. The molecule has 4 aromatic carbocycles. The van der Waals surface area contributed by atoms with Gasteiger partial charge >= 0.3 is 0 Å². The SMILES string of the molecule is Fc1ccc2cncc(-c3cc4ccccc4o3)c2c1.NCc1ccncc1.c1ccc2oc(-c3cncc4ccc(OCc5ccncc5)cc34)cc2c1. The van der Waals surface area contributed by atoms with Crippen LogP contribution in [0.3, 0.4) is 0 Å². The minimum Gasteiger partial charge on any atom is -0.489 e. The van der Waals surface area contributed by atoms with Crippen molar-refractivity contribution in [3.8, 4) is 28.4 Å². The van der Waals surface area contributed by atoms with E-state index in [4.69, 9.17) is 19.3 Å². The number of ether oxygens (including phenoxy) is 1. The molecule has 6 heterocycles. The summed E-state index contributed by atoms with van der Waals surface area (Å²) < 4.78 is 31.3. The van der Waals surface area contributed by atoms with Gasteiger partial charge in [-0.25, -0.2) is 4.39 Å². The molecule has 55 heavy (non-hydrogen) atoms. The van der Waals surface area contributed by atoms with E-state index >= 15 is 0 Å². The summed E-state index contributed by atoms with van der Waals surface area (Å²) in [4.78, 5) is 16.5. The van der Waals surface area contributed by atoms with Crippen LogP contribution in [0.25, 0.3) is 66.1 Å². The lowest BCUT2D eigenvalue weighted by Crippen LogP contribution is -1.95. The zero-order valence-electron chi connectivity index (χ0n) is 29.5.